The molecular formula is C25H48N2O. The Morgan fingerprint density at radius 1 is 0.714 bits per heavy atom. The van der Waals surface area contributed by atoms with Crippen LogP contribution >= 0.6 is 0 Å². The second-order valence-electron chi connectivity index (χ2n) is 10.5. The van der Waals surface area contributed by atoms with Gasteiger partial charge in [-0.15, -0.1) is 0 Å². The number of rotatable bonds is 13. The van der Waals surface area contributed by atoms with Gasteiger partial charge in [0.05, 0.1) is 5.60 Å². The van der Waals surface area contributed by atoms with Crippen LogP contribution in [-0.4, -0.2) is 59.8 Å². The van der Waals surface area contributed by atoms with Gasteiger partial charge in [-0.3, -0.25) is 0 Å². The van der Waals surface area contributed by atoms with Gasteiger partial charge in [-0.05, 0) is 127 Å². The van der Waals surface area contributed by atoms with Crippen LogP contribution in [0.25, 0.3) is 0 Å². The third-order valence-corrected chi connectivity index (χ3v) is 8.94. The van der Waals surface area contributed by atoms with Crippen molar-refractivity contribution in [3.8, 4) is 0 Å². The number of nitrogens with zero attached hydrogens (tertiary/aromatic N) is 2. The zero-order valence-electron chi connectivity index (χ0n) is 19.4. The second-order valence-corrected chi connectivity index (χ2v) is 10.5. The van der Waals surface area contributed by atoms with E-state index in [2.05, 4.69) is 37.5 Å². The van der Waals surface area contributed by atoms with E-state index in [1.54, 1.807) is 0 Å². The molecular weight excluding hydrogens is 344 g/mol. The Hall–Kier alpha value is -0.120. The maximum absolute atomic E-state index is 12.3. The third kappa shape index (κ3) is 4.78. The lowest BCUT2D eigenvalue weighted by Crippen LogP contribution is -2.58. The summed E-state index contributed by atoms with van der Waals surface area (Å²) < 4.78 is 0. The smallest absolute Gasteiger partial charge is 0.0705 e. The van der Waals surface area contributed by atoms with E-state index in [1.807, 2.05) is 0 Å². The molecule has 0 atom stereocenters. The molecule has 28 heavy (non-hydrogen) atoms. The van der Waals surface area contributed by atoms with E-state index in [1.165, 1.54) is 38.5 Å². The summed E-state index contributed by atoms with van der Waals surface area (Å²) in [5.74, 6) is 2.76. The van der Waals surface area contributed by atoms with E-state index in [9.17, 15) is 5.11 Å². The van der Waals surface area contributed by atoms with Crippen LogP contribution in [0.5, 0.6) is 0 Å². The van der Waals surface area contributed by atoms with Gasteiger partial charge >= 0.3 is 0 Å². The first kappa shape index (κ1) is 22.6. The molecule has 164 valence electrons. The van der Waals surface area contributed by atoms with Crippen molar-refractivity contribution in [2.45, 2.75) is 97.5 Å². The summed E-state index contributed by atoms with van der Waals surface area (Å²) in [4.78, 5) is 5.05. The molecule has 0 amide bonds. The average molecular weight is 393 g/mol. The lowest BCUT2D eigenvalue weighted by atomic mass is 9.44. The Kier molecular flexibility index (Phi) is 7.89. The van der Waals surface area contributed by atoms with Gasteiger partial charge in [0, 0.05) is 0 Å². The molecule has 0 spiro atoms. The quantitative estimate of drug-likeness (QED) is 0.468. The van der Waals surface area contributed by atoms with Crippen LogP contribution in [-0.2, 0) is 0 Å². The van der Waals surface area contributed by atoms with Crippen molar-refractivity contribution in [3.05, 3.63) is 0 Å². The van der Waals surface area contributed by atoms with Crippen LogP contribution < -0.4 is 0 Å². The third-order valence-electron chi connectivity index (χ3n) is 8.94. The molecule has 4 aliphatic carbocycles. The first-order valence-corrected chi connectivity index (χ1v) is 12.6. The van der Waals surface area contributed by atoms with Crippen molar-refractivity contribution in [1.29, 1.82) is 0 Å². The highest BCUT2D eigenvalue weighted by Crippen LogP contribution is 2.65. The molecule has 1 N–H and O–H groups in total. The summed E-state index contributed by atoms with van der Waals surface area (Å²) in [5, 5.41) is 12.3. The summed E-state index contributed by atoms with van der Waals surface area (Å²) in [6, 6.07) is 0. The maximum atomic E-state index is 12.3. The molecule has 4 fully saturated rings. The zero-order valence-corrected chi connectivity index (χ0v) is 19.4. The van der Waals surface area contributed by atoms with Crippen molar-refractivity contribution >= 4 is 0 Å². The molecule has 0 unspecified atom stereocenters. The Balaban J connectivity index is 1.68. The molecule has 4 bridgehead atoms. The maximum Gasteiger partial charge on any atom is 0.0705 e. The summed E-state index contributed by atoms with van der Waals surface area (Å²) >= 11 is 0. The largest absolute Gasteiger partial charge is 0.389 e. The Labute approximate surface area is 175 Å². The van der Waals surface area contributed by atoms with E-state index in [0.717, 1.165) is 82.7 Å². The molecule has 0 aromatic carbocycles. The van der Waals surface area contributed by atoms with Crippen molar-refractivity contribution in [2.24, 2.45) is 23.2 Å². The highest BCUT2D eigenvalue weighted by molar-refractivity contribution is 5.10. The van der Waals surface area contributed by atoms with Crippen LogP contribution in [0.1, 0.15) is 91.9 Å². The van der Waals surface area contributed by atoms with Crippen molar-refractivity contribution in [3.63, 3.8) is 0 Å². The fourth-order valence-corrected chi connectivity index (χ4v) is 7.61. The SMILES string of the molecule is CCN(CC)CCCC(O)(CCCN(CC)CC)C12CC3CC(CC(C3)C1)C2. The summed E-state index contributed by atoms with van der Waals surface area (Å²) in [6.07, 6.45) is 12.7. The standard InChI is InChI=1S/C25H48N2O/c1-5-26(6-2)13-9-11-25(28,12-10-14-27(7-3)8-4)24-18-21-15-22(19-24)17-23(16-21)20-24/h21-23,28H,5-20H2,1-4H3. The Bertz CT molecular complexity index is 416. The van der Waals surface area contributed by atoms with Crippen molar-refractivity contribution < 1.29 is 5.11 Å². The molecule has 0 heterocycles. The van der Waals surface area contributed by atoms with E-state index in [0.29, 0.717) is 0 Å². The van der Waals surface area contributed by atoms with Crippen molar-refractivity contribution in [1.82, 2.24) is 9.80 Å². The second kappa shape index (κ2) is 9.79. The van der Waals surface area contributed by atoms with Crippen LogP contribution in [0, 0.1) is 23.2 Å². The lowest BCUT2D eigenvalue weighted by molar-refractivity contribution is -0.187. The molecule has 0 aliphatic heterocycles. The van der Waals surface area contributed by atoms with Crippen LogP contribution in [0.2, 0.25) is 0 Å². The van der Waals surface area contributed by atoms with Gasteiger partial charge in [0.2, 0.25) is 0 Å². The minimum atomic E-state index is -0.427. The van der Waals surface area contributed by atoms with E-state index < -0.39 is 5.60 Å². The first-order valence-electron chi connectivity index (χ1n) is 12.6. The highest BCUT2D eigenvalue weighted by Gasteiger charge is 2.59. The van der Waals surface area contributed by atoms with Gasteiger partial charge in [-0.25, -0.2) is 0 Å². The fourth-order valence-electron chi connectivity index (χ4n) is 7.61. The van der Waals surface area contributed by atoms with E-state index >= 15 is 0 Å². The molecule has 3 nitrogen and oxygen atoms in total. The van der Waals surface area contributed by atoms with Crippen LogP contribution in [0.15, 0.2) is 0 Å². The molecule has 4 aliphatic rings. The number of aliphatic hydroxyl groups is 1. The van der Waals surface area contributed by atoms with Crippen LogP contribution in [0.3, 0.4) is 0 Å². The molecule has 0 aromatic heterocycles. The molecule has 3 heteroatoms. The van der Waals surface area contributed by atoms with Gasteiger partial charge in [0.25, 0.3) is 0 Å². The normalized spacial score (nSPS) is 32.0. The molecule has 0 radical (unpaired) electrons. The predicted molar refractivity (Wildman–Crippen MR) is 120 cm³/mol. The number of hydrogen-bond acceptors (Lipinski definition) is 3. The topological polar surface area (TPSA) is 26.7 Å². The van der Waals surface area contributed by atoms with Gasteiger partial charge in [-0.1, -0.05) is 27.7 Å². The summed E-state index contributed by atoms with van der Waals surface area (Å²) in [7, 11) is 0. The lowest BCUT2D eigenvalue weighted by Gasteiger charge is -2.62. The molecule has 4 rings (SSSR count). The first-order chi connectivity index (χ1) is 13.5. The van der Waals surface area contributed by atoms with Gasteiger partial charge in [0.1, 0.15) is 0 Å². The monoisotopic (exact) mass is 392 g/mol. The predicted octanol–water partition coefficient (Wildman–Crippen LogP) is 5.18. The summed E-state index contributed by atoms with van der Waals surface area (Å²) in [6.45, 7) is 15.9. The van der Waals surface area contributed by atoms with Crippen molar-refractivity contribution in [2.75, 3.05) is 39.3 Å². The van der Waals surface area contributed by atoms with Gasteiger partial charge < -0.3 is 14.9 Å². The van der Waals surface area contributed by atoms with Gasteiger partial charge in [-0.2, -0.15) is 0 Å². The minimum absolute atomic E-state index is 0.244. The fraction of sp³-hybridized carbons (Fsp3) is 1.00. The summed E-state index contributed by atoms with van der Waals surface area (Å²) in [5.41, 5.74) is -0.183. The molecule has 0 aromatic rings. The molecule has 4 saturated carbocycles. The minimum Gasteiger partial charge on any atom is -0.389 e. The molecule has 0 saturated heterocycles. The zero-order chi connectivity index (χ0) is 20.2. The Morgan fingerprint density at radius 2 is 1.07 bits per heavy atom. The highest BCUT2D eigenvalue weighted by atomic mass is 16.3. The van der Waals surface area contributed by atoms with E-state index in [4.69, 9.17) is 0 Å². The van der Waals surface area contributed by atoms with Crippen LogP contribution in [0.4, 0.5) is 0 Å². The average Bonchev–Trinajstić information content (AvgIpc) is 2.67. The Morgan fingerprint density at radius 3 is 1.39 bits per heavy atom. The van der Waals surface area contributed by atoms with Gasteiger partial charge in [0.15, 0.2) is 0 Å². The number of hydrogen-bond donors (Lipinski definition) is 1. The van der Waals surface area contributed by atoms with E-state index in [-0.39, 0.29) is 5.41 Å².